The summed E-state index contributed by atoms with van der Waals surface area (Å²) in [6.45, 7) is 14.1. The number of para-hydroxylation sites is 1. The molecule has 0 heterocycles. The molecule has 0 bridgehead atoms. The number of amides is 1. The monoisotopic (exact) mass is 638 g/mol. The molecule has 0 aromatic heterocycles. The standard InChI is InChI=1S/C34H46N4O6S/c1-7-33(3,4)26-15-20-31(29(24-26)34(5,6)8-2)44-22-12-11-21-35-45(42,43)28-18-16-27(17-19-28)36-37-32(39)23-25-13-9-10-14-30(25)38(40)41/h9-10,13-20,24,35-36H,7-8,11-12,21-23H2,1-6H3,(H,37,39). The van der Waals surface area contributed by atoms with Gasteiger partial charge in [-0.05, 0) is 72.4 Å². The van der Waals surface area contributed by atoms with Crippen molar-refractivity contribution in [2.24, 2.45) is 0 Å². The maximum absolute atomic E-state index is 12.8. The van der Waals surface area contributed by atoms with Crippen LogP contribution in [0.3, 0.4) is 0 Å². The van der Waals surface area contributed by atoms with Crippen LogP contribution in [0.5, 0.6) is 5.75 Å². The molecule has 1 amide bonds. The third-order valence-corrected chi connectivity index (χ3v) is 9.91. The van der Waals surface area contributed by atoms with E-state index in [2.05, 4.69) is 75.3 Å². The first-order chi connectivity index (χ1) is 21.2. The number of nitro benzene ring substituents is 1. The molecule has 0 radical (unpaired) electrons. The van der Waals surface area contributed by atoms with Gasteiger partial charge in [0.2, 0.25) is 15.9 Å². The zero-order chi connectivity index (χ0) is 33.3. The molecule has 0 spiro atoms. The molecule has 3 aromatic rings. The van der Waals surface area contributed by atoms with E-state index in [1.807, 2.05) is 0 Å². The number of hydrogen-bond acceptors (Lipinski definition) is 7. The molecule has 3 rings (SSSR count). The molecule has 45 heavy (non-hydrogen) atoms. The normalized spacial score (nSPS) is 12.0. The zero-order valence-corrected chi connectivity index (χ0v) is 27.9. The Kier molecular flexibility index (Phi) is 12.1. The Hall–Kier alpha value is -3.96. The minimum atomic E-state index is -3.72. The predicted octanol–water partition coefficient (Wildman–Crippen LogP) is 6.79. The number of ether oxygens (including phenoxy) is 1. The van der Waals surface area contributed by atoms with Crippen molar-refractivity contribution in [3.8, 4) is 5.75 Å². The Morgan fingerprint density at radius 1 is 0.911 bits per heavy atom. The first-order valence-electron chi connectivity index (χ1n) is 15.3. The Balaban J connectivity index is 1.47. The summed E-state index contributed by atoms with van der Waals surface area (Å²) in [5, 5.41) is 11.2. The number of nitrogens with one attached hydrogen (secondary N) is 3. The molecule has 3 aromatic carbocycles. The minimum absolute atomic E-state index is 0.0349. The van der Waals surface area contributed by atoms with Gasteiger partial charge in [0.15, 0.2) is 0 Å². The number of sulfonamides is 1. The summed E-state index contributed by atoms with van der Waals surface area (Å²) in [5.74, 6) is 0.402. The van der Waals surface area contributed by atoms with Crippen LogP contribution in [0.2, 0.25) is 0 Å². The molecule has 0 saturated carbocycles. The maximum Gasteiger partial charge on any atom is 0.273 e. The molecule has 10 nitrogen and oxygen atoms in total. The molecule has 3 N–H and O–H groups in total. The van der Waals surface area contributed by atoms with Crippen LogP contribution in [-0.4, -0.2) is 32.4 Å². The summed E-state index contributed by atoms with van der Waals surface area (Å²) >= 11 is 0. The quantitative estimate of drug-likeness (QED) is 0.0840. The van der Waals surface area contributed by atoms with Gasteiger partial charge in [-0.2, -0.15) is 0 Å². The highest BCUT2D eigenvalue weighted by atomic mass is 32.2. The molecule has 11 heteroatoms. The van der Waals surface area contributed by atoms with E-state index >= 15 is 0 Å². The Morgan fingerprint density at radius 3 is 2.22 bits per heavy atom. The molecule has 0 atom stereocenters. The minimum Gasteiger partial charge on any atom is -0.493 e. The Bertz CT molecular complexity index is 1570. The molecule has 0 saturated heterocycles. The highest BCUT2D eigenvalue weighted by Gasteiger charge is 2.26. The summed E-state index contributed by atoms with van der Waals surface area (Å²) in [5.41, 5.74) is 8.33. The lowest BCUT2D eigenvalue weighted by Crippen LogP contribution is -2.31. The summed E-state index contributed by atoms with van der Waals surface area (Å²) in [6, 6.07) is 18.4. The van der Waals surface area contributed by atoms with Gasteiger partial charge in [-0.1, -0.05) is 71.9 Å². The molecular weight excluding hydrogens is 592 g/mol. The van der Waals surface area contributed by atoms with Crippen molar-refractivity contribution in [2.75, 3.05) is 18.6 Å². The van der Waals surface area contributed by atoms with E-state index in [-0.39, 0.29) is 39.9 Å². The van der Waals surface area contributed by atoms with Crippen molar-refractivity contribution in [1.29, 1.82) is 0 Å². The molecule has 0 unspecified atom stereocenters. The lowest BCUT2D eigenvalue weighted by Gasteiger charge is -2.30. The van der Waals surface area contributed by atoms with Gasteiger partial charge < -0.3 is 4.74 Å². The lowest BCUT2D eigenvalue weighted by molar-refractivity contribution is -0.385. The van der Waals surface area contributed by atoms with E-state index in [4.69, 9.17) is 4.74 Å². The summed E-state index contributed by atoms with van der Waals surface area (Å²) < 4.78 is 34.4. The van der Waals surface area contributed by atoms with Gasteiger partial charge >= 0.3 is 0 Å². The topological polar surface area (TPSA) is 140 Å². The number of nitro groups is 1. The van der Waals surface area contributed by atoms with Gasteiger partial charge in [-0.25, -0.2) is 13.1 Å². The van der Waals surface area contributed by atoms with Crippen molar-refractivity contribution < 1.29 is 22.9 Å². The van der Waals surface area contributed by atoms with Gasteiger partial charge in [0.05, 0.1) is 28.5 Å². The second kappa shape index (κ2) is 15.4. The summed E-state index contributed by atoms with van der Waals surface area (Å²) in [4.78, 5) is 23.0. The van der Waals surface area contributed by atoms with Crippen LogP contribution < -0.4 is 20.3 Å². The van der Waals surface area contributed by atoms with E-state index in [1.54, 1.807) is 6.07 Å². The number of unbranched alkanes of at least 4 members (excludes halogenated alkanes) is 1. The number of carbonyl (C=O) groups excluding carboxylic acids is 1. The average Bonchev–Trinajstić information content (AvgIpc) is 3.02. The van der Waals surface area contributed by atoms with Crippen LogP contribution in [0.1, 0.15) is 83.9 Å². The summed E-state index contributed by atoms with van der Waals surface area (Å²) in [6.07, 6.45) is 3.13. The smallest absolute Gasteiger partial charge is 0.273 e. The lowest BCUT2D eigenvalue weighted by atomic mass is 9.76. The number of anilines is 1. The fraction of sp³-hybridized carbons (Fsp3) is 0.441. The largest absolute Gasteiger partial charge is 0.493 e. The van der Waals surface area contributed by atoms with Crippen LogP contribution in [0, 0.1) is 10.1 Å². The average molecular weight is 639 g/mol. The van der Waals surface area contributed by atoms with Crippen molar-refractivity contribution >= 4 is 27.3 Å². The number of hydrazine groups is 1. The number of nitrogens with zero attached hydrogens (tertiary/aromatic N) is 1. The molecule has 0 aliphatic rings. The first-order valence-corrected chi connectivity index (χ1v) is 16.8. The van der Waals surface area contributed by atoms with Crippen LogP contribution >= 0.6 is 0 Å². The molecule has 0 aliphatic heterocycles. The first kappa shape index (κ1) is 35.5. The van der Waals surface area contributed by atoms with E-state index in [9.17, 15) is 23.3 Å². The Labute approximate surface area is 267 Å². The van der Waals surface area contributed by atoms with E-state index in [0.717, 1.165) is 18.6 Å². The maximum atomic E-state index is 12.8. The third kappa shape index (κ3) is 9.76. The number of benzene rings is 3. The molecule has 0 aliphatic carbocycles. The van der Waals surface area contributed by atoms with Crippen LogP contribution in [-0.2, 0) is 32.1 Å². The fourth-order valence-electron chi connectivity index (χ4n) is 4.61. The highest BCUT2D eigenvalue weighted by Crippen LogP contribution is 2.38. The fourth-order valence-corrected chi connectivity index (χ4v) is 5.69. The predicted molar refractivity (Wildman–Crippen MR) is 178 cm³/mol. The van der Waals surface area contributed by atoms with E-state index < -0.39 is 20.9 Å². The summed E-state index contributed by atoms with van der Waals surface area (Å²) in [7, 11) is -3.72. The number of carbonyl (C=O) groups is 1. The van der Waals surface area contributed by atoms with Crippen molar-refractivity contribution in [2.45, 2.75) is 89.4 Å². The van der Waals surface area contributed by atoms with Gasteiger partial charge in [0.25, 0.3) is 5.69 Å². The highest BCUT2D eigenvalue weighted by molar-refractivity contribution is 7.89. The van der Waals surface area contributed by atoms with E-state index in [0.29, 0.717) is 25.1 Å². The zero-order valence-electron chi connectivity index (χ0n) is 27.1. The van der Waals surface area contributed by atoms with Crippen molar-refractivity contribution in [1.82, 2.24) is 10.1 Å². The van der Waals surface area contributed by atoms with Crippen LogP contribution in [0.25, 0.3) is 0 Å². The van der Waals surface area contributed by atoms with Gasteiger partial charge in [-0.3, -0.25) is 25.8 Å². The second-order valence-corrected chi connectivity index (χ2v) is 14.2. The molecular formula is C34H46N4O6S. The van der Waals surface area contributed by atoms with Gasteiger partial charge in [0.1, 0.15) is 5.75 Å². The van der Waals surface area contributed by atoms with Gasteiger partial charge in [0, 0.05) is 23.7 Å². The second-order valence-electron chi connectivity index (χ2n) is 12.4. The van der Waals surface area contributed by atoms with Gasteiger partial charge in [-0.15, -0.1) is 0 Å². The molecule has 0 fully saturated rings. The number of hydrogen-bond donors (Lipinski definition) is 3. The number of rotatable bonds is 17. The van der Waals surface area contributed by atoms with Crippen LogP contribution in [0.4, 0.5) is 11.4 Å². The van der Waals surface area contributed by atoms with Crippen molar-refractivity contribution in [3.05, 3.63) is 93.5 Å². The SMILES string of the molecule is CCC(C)(C)c1ccc(OCCCCNS(=O)(=O)c2ccc(NNC(=O)Cc3ccccc3[N+](=O)[O-])cc2)c(C(C)(C)CC)c1. The third-order valence-electron chi connectivity index (χ3n) is 8.43. The Morgan fingerprint density at radius 2 is 1.58 bits per heavy atom. The molecule has 244 valence electrons. The van der Waals surface area contributed by atoms with Crippen LogP contribution in [0.15, 0.2) is 71.6 Å². The van der Waals surface area contributed by atoms with E-state index in [1.165, 1.54) is 53.6 Å². The van der Waals surface area contributed by atoms with Crippen molar-refractivity contribution in [3.63, 3.8) is 0 Å².